The van der Waals surface area contributed by atoms with E-state index >= 15 is 0 Å². The smallest absolute Gasteiger partial charge is 0.255 e. The number of amides is 1. The lowest BCUT2D eigenvalue weighted by molar-refractivity contribution is 0.0764. The molecule has 1 aliphatic heterocycles. The Bertz CT molecular complexity index is 424. The first-order chi connectivity index (χ1) is 7.59. The van der Waals surface area contributed by atoms with Gasteiger partial charge in [0, 0.05) is 13.1 Å². The molecule has 1 heterocycles. The molecule has 0 aliphatic carbocycles. The van der Waals surface area contributed by atoms with Gasteiger partial charge in [0.1, 0.15) is 5.82 Å². The molecule has 1 fully saturated rings. The maximum atomic E-state index is 13.2. The van der Waals surface area contributed by atoms with Gasteiger partial charge in [0.05, 0.1) is 16.7 Å². The number of hydrogen-bond acceptors (Lipinski definition) is 2. The molecule has 0 saturated carbocycles. The molecule has 0 spiro atoms. The van der Waals surface area contributed by atoms with E-state index < -0.39 is 11.9 Å². The molecule has 16 heavy (non-hydrogen) atoms. The van der Waals surface area contributed by atoms with Crippen molar-refractivity contribution in [1.82, 2.24) is 4.90 Å². The fourth-order valence-electron chi connectivity index (χ4n) is 1.77. The van der Waals surface area contributed by atoms with Crippen LogP contribution in [0.1, 0.15) is 16.8 Å². The Morgan fingerprint density at radius 1 is 1.56 bits per heavy atom. The summed E-state index contributed by atoms with van der Waals surface area (Å²) in [6.45, 7) is 0.762. The highest BCUT2D eigenvalue weighted by molar-refractivity contribution is 6.34. The summed E-state index contributed by atoms with van der Waals surface area (Å²) in [6.07, 6.45) is 0.0647. The number of aliphatic hydroxyl groups is 1. The van der Waals surface area contributed by atoms with Crippen molar-refractivity contribution in [2.75, 3.05) is 13.1 Å². The molecule has 0 radical (unpaired) electrons. The Hall–Kier alpha value is -1.13. The van der Waals surface area contributed by atoms with Crippen molar-refractivity contribution in [2.45, 2.75) is 12.5 Å². The van der Waals surface area contributed by atoms with Crippen LogP contribution >= 0.6 is 11.6 Å². The first kappa shape index (κ1) is 11.4. The maximum Gasteiger partial charge on any atom is 0.255 e. The molecular formula is C11H11ClFNO2. The first-order valence-electron chi connectivity index (χ1n) is 5.01. The molecule has 1 saturated heterocycles. The van der Waals surface area contributed by atoms with Gasteiger partial charge in [0.15, 0.2) is 0 Å². The second kappa shape index (κ2) is 4.39. The molecule has 0 aromatic heterocycles. The van der Waals surface area contributed by atoms with Gasteiger partial charge in [-0.05, 0) is 18.6 Å². The summed E-state index contributed by atoms with van der Waals surface area (Å²) in [4.78, 5) is 13.4. The molecule has 1 unspecified atom stereocenters. The largest absolute Gasteiger partial charge is 0.391 e. The van der Waals surface area contributed by atoms with Crippen molar-refractivity contribution >= 4 is 17.5 Å². The van der Waals surface area contributed by atoms with Crippen LogP contribution in [0.15, 0.2) is 18.2 Å². The van der Waals surface area contributed by atoms with Crippen molar-refractivity contribution in [1.29, 1.82) is 0 Å². The van der Waals surface area contributed by atoms with E-state index in [-0.39, 0.29) is 23.0 Å². The summed E-state index contributed by atoms with van der Waals surface area (Å²) in [5.41, 5.74) is 0.149. The van der Waals surface area contributed by atoms with Crippen molar-refractivity contribution in [3.8, 4) is 0 Å². The van der Waals surface area contributed by atoms with Crippen LogP contribution in [-0.2, 0) is 0 Å². The van der Waals surface area contributed by atoms with Crippen molar-refractivity contribution in [2.24, 2.45) is 0 Å². The Balaban J connectivity index is 2.24. The summed E-state index contributed by atoms with van der Waals surface area (Å²) in [7, 11) is 0. The third kappa shape index (κ3) is 2.03. The summed E-state index contributed by atoms with van der Waals surface area (Å²) in [6, 6.07) is 4.14. The summed E-state index contributed by atoms with van der Waals surface area (Å²) < 4.78 is 13.2. The molecule has 86 valence electrons. The van der Waals surface area contributed by atoms with Crippen LogP contribution in [0.2, 0.25) is 5.02 Å². The van der Waals surface area contributed by atoms with Crippen molar-refractivity contribution in [3.63, 3.8) is 0 Å². The number of benzene rings is 1. The minimum atomic E-state index is -0.604. The second-order valence-electron chi connectivity index (χ2n) is 3.80. The van der Waals surface area contributed by atoms with Gasteiger partial charge in [-0.2, -0.15) is 0 Å². The number of hydrogen-bond donors (Lipinski definition) is 1. The minimum absolute atomic E-state index is 0.149. The Kier molecular flexibility index (Phi) is 3.12. The van der Waals surface area contributed by atoms with Gasteiger partial charge >= 0.3 is 0 Å². The van der Waals surface area contributed by atoms with Gasteiger partial charge in [-0.1, -0.05) is 17.7 Å². The number of aliphatic hydroxyl groups excluding tert-OH is 1. The third-order valence-electron chi connectivity index (χ3n) is 2.63. The molecule has 1 aromatic carbocycles. The van der Waals surface area contributed by atoms with Crippen LogP contribution in [0.3, 0.4) is 0 Å². The Morgan fingerprint density at radius 2 is 2.31 bits per heavy atom. The van der Waals surface area contributed by atoms with E-state index in [9.17, 15) is 14.3 Å². The van der Waals surface area contributed by atoms with Crippen LogP contribution < -0.4 is 0 Å². The van der Waals surface area contributed by atoms with Crippen molar-refractivity contribution in [3.05, 3.63) is 34.6 Å². The van der Waals surface area contributed by atoms with Gasteiger partial charge in [-0.25, -0.2) is 4.39 Å². The Morgan fingerprint density at radius 3 is 2.94 bits per heavy atom. The topological polar surface area (TPSA) is 40.5 Å². The number of carbonyl (C=O) groups excluding carboxylic acids is 1. The Labute approximate surface area is 97.4 Å². The van der Waals surface area contributed by atoms with Crippen LogP contribution in [0.5, 0.6) is 0 Å². The zero-order valence-electron chi connectivity index (χ0n) is 8.49. The monoisotopic (exact) mass is 243 g/mol. The van der Waals surface area contributed by atoms with Gasteiger partial charge in [0.2, 0.25) is 0 Å². The SMILES string of the molecule is O=C(c1cccc(F)c1Cl)N1CCC(O)C1. The van der Waals surface area contributed by atoms with E-state index in [1.165, 1.54) is 23.1 Å². The number of β-amino-alcohol motifs (C(OH)–C–C–N with tert-alkyl or cyclic N) is 1. The molecule has 1 amide bonds. The van der Waals surface area contributed by atoms with Crippen LogP contribution in [0, 0.1) is 5.82 Å². The minimum Gasteiger partial charge on any atom is -0.391 e. The number of nitrogens with zero attached hydrogens (tertiary/aromatic N) is 1. The molecule has 0 bridgehead atoms. The van der Waals surface area contributed by atoms with E-state index in [2.05, 4.69) is 0 Å². The van der Waals surface area contributed by atoms with Crippen LogP contribution in [0.4, 0.5) is 4.39 Å². The molecule has 1 N–H and O–H groups in total. The highest BCUT2D eigenvalue weighted by Gasteiger charge is 2.27. The highest BCUT2D eigenvalue weighted by atomic mass is 35.5. The number of halogens is 2. The summed E-state index contributed by atoms with van der Waals surface area (Å²) in [5, 5.41) is 9.16. The second-order valence-corrected chi connectivity index (χ2v) is 4.17. The lowest BCUT2D eigenvalue weighted by atomic mass is 10.2. The van der Waals surface area contributed by atoms with Crippen LogP contribution in [0.25, 0.3) is 0 Å². The van der Waals surface area contributed by atoms with E-state index in [1.807, 2.05) is 0 Å². The van der Waals surface area contributed by atoms with Gasteiger partial charge < -0.3 is 10.0 Å². The lowest BCUT2D eigenvalue weighted by Crippen LogP contribution is -2.29. The lowest BCUT2D eigenvalue weighted by Gasteiger charge is -2.16. The third-order valence-corrected chi connectivity index (χ3v) is 3.02. The van der Waals surface area contributed by atoms with Gasteiger partial charge in [-0.15, -0.1) is 0 Å². The number of rotatable bonds is 1. The molecule has 1 aromatic rings. The highest BCUT2D eigenvalue weighted by Crippen LogP contribution is 2.22. The maximum absolute atomic E-state index is 13.2. The van der Waals surface area contributed by atoms with E-state index in [4.69, 9.17) is 11.6 Å². The predicted octanol–water partition coefficient (Wildman–Crippen LogP) is 1.69. The molecule has 1 atom stereocenters. The first-order valence-corrected chi connectivity index (χ1v) is 5.38. The molecule has 5 heteroatoms. The fourth-order valence-corrected chi connectivity index (χ4v) is 1.97. The molecule has 2 rings (SSSR count). The quantitative estimate of drug-likeness (QED) is 0.815. The molecule has 1 aliphatic rings. The number of likely N-dealkylation sites (tertiary alicyclic amines) is 1. The van der Waals surface area contributed by atoms with Crippen molar-refractivity contribution < 1.29 is 14.3 Å². The zero-order chi connectivity index (χ0) is 11.7. The number of carbonyl (C=O) groups is 1. The van der Waals surface area contributed by atoms with E-state index in [1.54, 1.807) is 0 Å². The summed E-state index contributed by atoms with van der Waals surface area (Å²) in [5.74, 6) is -0.937. The predicted molar refractivity (Wildman–Crippen MR) is 57.9 cm³/mol. The van der Waals surface area contributed by atoms with E-state index in [0.717, 1.165) is 0 Å². The van der Waals surface area contributed by atoms with Crippen LogP contribution in [-0.4, -0.2) is 35.1 Å². The standard InChI is InChI=1S/C11H11ClFNO2/c12-10-8(2-1-3-9(10)13)11(16)14-5-4-7(15)6-14/h1-3,7,15H,4-6H2. The van der Waals surface area contributed by atoms with Gasteiger partial charge in [-0.3, -0.25) is 4.79 Å². The molecule has 3 nitrogen and oxygen atoms in total. The molecular weight excluding hydrogens is 233 g/mol. The average Bonchev–Trinajstić information content (AvgIpc) is 2.68. The van der Waals surface area contributed by atoms with Gasteiger partial charge in [0.25, 0.3) is 5.91 Å². The van der Waals surface area contributed by atoms with E-state index in [0.29, 0.717) is 13.0 Å². The normalized spacial score (nSPS) is 20.2. The fraction of sp³-hybridized carbons (Fsp3) is 0.364. The average molecular weight is 244 g/mol. The zero-order valence-corrected chi connectivity index (χ0v) is 9.25. The summed E-state index contributed by atoms with van der Waals surface area (Å²) >= 11 is 5.72.